The van der Waals surface area contributed by atoms with Crippen LogP contribution in [0.2, 0.25) is 0 Å². The molecule has 1 amide bonds. The first-order valence-electron chi connectivity index (χ1n) is 9.66. The first kappa shape index (κ1) is 21.8. The van der Waals surface area contributed by atoms with Gasteiger partial charge in [0.1, 0.15) is 5.76 Å². The minimum Gasteiger partial charge on any atom is -0.493 e. The van der Waals surface area contributed by atoms with E-state index in [0.717, 1.165) is 27.5 Å². The highest BCUT2D eigenvalue weighted by atomic mass is 32.2. The molecule has 0 spiro atoms. The van der Waals surface area contributed by atoms with Crippen LogP contribution >= 0.6 is 11.8 Å². The summed E-state index contributed by atoms with van der Waals surface area (Å²) in [5, 5.41) is 7.01. The zero-order valence-electron chi connectivity index (χ0n) is 17.7. The number of nitrogens with zero attached hydrogens (tertiary/aromatic N) is 1. The minimum atomic E-state index is -0.0858. The van der Waals surface area contributed by atoms with E-state index < -0.39 is 0 Å². The fourth-order valence-corrected chi connectivity index (χ4v) is 4.29. The van der Waals surface area contributed by atoms with E-state index >= 15 is 0 Å². The van der Waals surface area contributed by atoms with E-state index in [-0.39, 0.29) is 5.91 Å². The van der Waals surface area contributed by atoms with Crippen molar-refractivity contribution in [1.29, 1.82) is 0 Å². The number of hydrogen-bond acceptors (Lipinski definition) is 6. The van der Waals surface area contributed by atoms with E-state index in [0.29, 0.717) is 35.8 Å². The molecule has 0 bridgehead atoms. The molecule has 0 unspecified atom stereocenters. The van der Waals surface area contributed by atoms with Crippen molar-refractivity contribution in [3.63, 3.8) is 0 Å². The van der Waals surface area contributed by atoms with E-state index in [1.54, 1.807) is 26.0 Å². The molecule has 0 saturated heterocycles. The maximum atomic E-state index is 12.8. The van der Waals surface area contributed by atoms with Gasteiger partial charge in [0.25, 0.3) is 5.91 Å². The summed E-state index contributed by atoms with van der Waals surface area (Å²) in [5.41, 5.74) is 3.69. The minimum absolute atomic E-state index is 0.0858. The third-order valence-corrected chi connectivity index (χ3v) is 5.93. The molecular formula is C23H26N2O4S. The third kappa shape index (κ3) is 5.16. The Morgan fingerprint density at radius 2 is 1.87 bits per heavy atom. The number of aromatic nitrogens is 1. The highest BCUT2D eigenvalue weighted by Crippen LogP contribution is 2.29. The number of carbonyl (C=O) groups is 1. The fourth-order valence-electron chi connectivity index (χ4n) is 3.09. The summed E-state index contributed by atoms with van der Waals surface area (Å²) in [5.74, 6) is 2.81. The second kappa shape index (κ2) is 10.2. The van der Waals surface area contributed by atoms with Gasteiger partial charge >= 0.3 is 0 Å². The van der Waals surface area contributed by atoms with E-state index in [2.05, 4.69) is 10.5 Å². The van der Waals surface area contributed by atoms with E-state index in [1.807, 2.05) is 56.3 Å². The lowest BCUT2D eigenvalue weighted by atomic mass is 10.1. The Morgan fingerprint density at radius 3 is 2.57 bits per heavy atom. The molecule has 3 aromatic rings. The predicted molar refractivity (Wildman–Crippen MR) is 118 cm³/mol. The smallest absolute Gasteiger partial charge is 0.252 e. The van der Waals surface area contributed by atoms with Gasteiger partial charge in [-0.2, -0.15) is 0 Å². The van der Waals surface area contributed by atoms with Crippen molar-refractivity contribution in [2.24, 2.45) is 0 Å². The van der Waals surface area contributed by atoms with E-state index in [9.17, 15) is 4.79 Å². The fraction of sp³-hybridized carbons (Fsp3) is 0.304. The van der Waals surface area contributed by atoms with Crippen LogP contribution in [0, 0.1) is 13.8 Å². The van der Waals surface area contributed by atoms with Gasteiger partial charge in [0.05, 0.1) is 25.5 Å². The van der Waals surface area contributed by atoms with Crippen molar-refractivity contribution in [2.45, 2.75) is 30.9 Å². The number of amides is 1. The summed E-state index contributed by atoms with van der Waals surface area (Å²) in [6.07, 6.45) is 0.695. The monoisotopic (exact) mass is 426 g/mol. The summed E-state index contributed by atoms with van der Waals surface area (Å²) >= 11 is 1.61. The molecule has 0 radical (unpaired) electrons. The summed E-state index contributed by atoms with van der Waals surface area (Å²) < 4.78 is 15.8. The van der Waals surface area contributed by atoms with Gasteiger partial charge in [-0.3, -0.25) is 4.79 Å². The van der Waals surface area contributed by atoms with E-state index in [1.165, 1.54) is 0 Å². The van der Waals surface area contributed by atoms with Crippen molar-refractivity contribution in [1.82, 2.24) is 10.5 Å². The average Bonchev–Trinajstić information content (AvgIpc) is 3.09. The molecule has 0 aliphatic carbocycles. The second-order valence-corrected chi connectivity index (χ2v) is 7.80. The number of methoxy groups -OCH3 is 2. The number of nitrogens with one attached hydrogen (secondary N) is 1. The third-order valence-electron chi connectivity index (χ3n) is 4.83. The van der Waals surface area contributed by atoms with Gasteiger partial charge in [-0.15, -0.1) is 11.8 Å². The van der Waals surface area contributed by atoms with Gasteiger partial charge in [-0.1, -0.05) is 23.4 Å². The summed E-state index contributed by atoms with van der Waals surface area (Å²) in [4.78, 5) is 13.7. The van der Waals surface area contributed by atoms with Crippen LogP contribution in [0.1, 0.15) is 32.9 Å². The number of rotatable bonds is 9. The van der Waals surface area contributed by atoms with Gasteiger partial charge in [0.15, 0.2) is 11.5 Å². The Bertz CT molecular complexity index is 997. The molecule has 0 saturated carbocycles. The Balaban J connectivity index is 1.61. The van der Waals surface area contributed by atoms with Crippen molar-refractivity contribution in [3.05, 3.63) is 70.6 Å². The molecule has 30 heavy (non-hydrogen) atoms. The van der Waals surface area contributed by atoms with Crippen LogP contribution in [0.4, 0.5) is 0 Å². The zero-order valence-corrected chi connectivity index (χ0v) is 18.5. The number of carbonyl (C=O) groups excluding carboxylic acids is 1. The Hall–Kier alpha value is -2.93. The number of hydrogen-bond donors (Lipinski definition) is 1. The van der Waals surface area contributed by atoms with Gasteiger partial charge in [-0.25, -0.2) is 0 Å². The first-order valence-corrected chi connectivity index (χ1v) is 10.6. The van der Waals surface area contributed by atoms with Crippen LogP contribution in [0.25, 0.3) is 0 Å². The lowest BCUT2D eigenvalue weighted by Gasteiger charge is -2.11. The van der Waals surface area contributed by atoms with Crippen molar-refractivity contribution >= 4 is 17.7 Å². The van der Waals surface area contributed by atoms with Crippen molar-refractivity contribution in [2.75, 3.05) is 20.8 Å². The van der Waals surface area contributed by atoms with Gasteiger partial charge in [-0.05, 0) is 50.1 Å². The molecule has 1 heterocycles. The average molecular weight is 427 g/mol. The van der Waals surface area contributed by atoms with Gasteiger partial charge < -0.3 is 19.3 Å². The predicted octanol–water partition coefficient (Wildman–Crippen LogP) is 4.57. The number of aryl methyl sites for hydroxylation is 2. The number of thioether (sulfide) groups is 1. The highest BCUT2D eigenvalue weighted by Gasteiger charge is 2.14. The van der Waals surface area contributed by atoms with Crippen LogP contribution in [0.5, 0.6) is 11.5 Å². The highest BCUT2D eigenvalue weighted by molar-refractivity contribution is 7.98. The lowest BCUT2D eigenvalue weighted by Crippen LogP contribution is -2.26. The quantitative estimate of drug-likeness (QED) is 0.505. The van der Waals surface area contributed by atoms with Crippen LogP contribution in [-0.2, 0) is 12.2 Å². The molecule has 7 heteroatoms. The van der Waals surface area contributed by atoms with Crippen LogP contribution in [-0.4, -0.2) is 31.8 Å². The van der Waals surface area contributed by atoms with Gasteiger partial charge in [0, 0.05) is 22.8 Å². The normalized spacial score (nSPS) is 10.7. The molecule has 2 aromatic carbocycles. The SMILES string of the molecule is COc1ccc(CCNC(=O)c2ccccc2SCc2c(C)noc2C)cc1OC. The summed E-state index contributed by atoms with van der Waals surface area (Å²) in [6.45, 7) is 4.36. The van der Waals surface area contributed by atoms with Crippen molar-refractivity contribution in [3.8, 4) is 11.5 Å². The Kier molecular flexibility index (Phi) is 7.41. The van der Waals surface area contributed by atoms with Crippen molar-refractivity contribution < 1.29 is 18.8 Å². The molecule has 1 N–H and O–H groups in total. The summed E-state index contributed by atoms with van der Waals surface area (Å²) in [7, 11) is 3.22. The second-order valence-electron chi connectivity index (χ2n) is 6.78. The molecule has 0 atom stereocenters. The Morgan fingerprint density at radius 1 is 1.10 bits per heavy atom. The topological polar surface area (TPSA) is 73.6 Å². The molecule has 6 nitrogen and oxygen atoms in total. The molecule has 1 aromatic heterocycles. The Labute approximate surface area is 180 Å². The van der Waals surface area contributed by atoms with Gasteiger partial charge in [0.2, 0.25) is 0 Å². The molecular weight excluding hydrogens is 400 g/mol. The van der Waals surface area contributed by atoms with Crippen LogP contribution in [0.3, 0.4) is 0 Å². The molecule has 3 rings (SSSR count). The summed E-state index contributed by atoms with van der Waals surface area (Å²) in [6, 6.07) is 13.4. The standard InChI is InChI=1S/C23H26N2O4S/c1-15-19(16(2)29-25-15)14-30-22-8-6-5-7-18(22)23(26)24-12-11-17-9-10-20(27-3)21(13-17)28-4/h5-10,13H,11-12,14H2,1-4H3,(H,24,26). The molecule has 0 aliphatic heterocycles. The molecule has 158 valence electrons. The number of ether oxygens (including phenoxy) is 2. The van der Waals surface area contributed by atoms with Crippen LogP contribution < -0.4 is 14.8 Å². The van der Waals surface area contributed by atoms with E-state index in [4.69, 9.17) is 14.0 Å². The zero-order chi connectivity index (χ0) is 21.5. The molecule has 0 fully saturated rings. The maximum absolute atomic E-state index is 12.8. The number of benzene rings is 2. The maximum Gasteiger partial charge on any atom is 0.252 e. The lowest BCUT2D eigenvalue weighted by molar-refractivity contribution is 0.0951. The first-order chi connectivity index (χ1) is 14.5. The van der Waals surface area contributed by atoms with Crippen LogP contribution in [0.15, 0.2) is 51.9 Å². The molecule has 0 aliphatic rings. The largest absolute Gasteiger partial charge is 0.493 e.